The van der Waals surface area contributed by atoms with Gasteiger partial charge < -0.3 is 14.0 Å². The standard InChI is InChI=1S/C28H29N5O3S/c1-17(2)14-25-31-33-26(29)23(27(34)30-28(33)37-25)16-22-18(3)32(24-11-6-5-10-21(22)24)12-13-36-20-9-7-8-19(15-20)35-4/h5-11,15-17,29H,12-14H2,1-4H3/b23-16-,29-26?. The van der Waals surface area contributed by atoms with Gasteiger partial charge in [0, 0.05) is 34.6 Å². The Morgan fingerprint density at radius 1 is 1.14 bits per heavy atom. The van der Waals surface area contributed by atoms with E-state index in [2.05, 4.69) is 34.6 Å². The van der Waals surface area contributed by atoms with Crippen molar-refractivity contribution in [2.24, 2.45) is 16.0 Å². The maximum Gasteiger partial charge on any atom is 0.283 e. The van der Waals surface area contributed by atoms with Gasteiger partial charge in [-0.1, -0.05) is 38.1 Å². The highest BCUT2D eigenvalue weighted by Gasteiger charge is 2.36. The van der Waals surface area contributed by atoms with Gasteiger partial charge in [0.2, 0.25) is 5.17 Å². The average Bonchev–Trinajstić information content (AvgIpc) is 3.39. The summed E-state index contributed by atoms with van der Waals surface area (Å²) in [5, 5.41) is 17.1. The number of methoxy groups -OCH3 is 1. The molecule has 0 radical (unpaired) electrons. The number of nitrogens with zero attached hydrogens (tertiary/aromatic N) is 4. The maximum atomic E-state index is 13.0. The van der Waals surface area contributed by atoms with Gasteiger partial charge in [0.25, 0.3) is 5.91 Å². The number of benzene rings is 2. The molecule has 0 saturated heterocycles. The highest BCUT2D eigenvalue weighted by Crippen LogP contribution is 2.33. The molecular formula is C28H29N5O3S. The molecule has 2 aliphatic heterocycles. The van der Waals surface area contributed by atoms with Gasteiger partial charge in [0.15, 0.2) is 5.84 Å². The van der Waals surface area contributed by atoms with Crippen LogP contribution in [0.25, 0.3) is 17.0 Å². The number of hydrogen-bond acceptors (Lipinski definition) is 6. The van der Waals surface area contributed by atoms with E-state index in [0.29, 0.717) is 24.2 Å². The van der Waals surface area contributed by atoms with Crippen LogP contribution in [0.2, 0.25) is 0 Å². The van der Waals surface area contributed by atoms with E-state index in [1.165, 1.54) is 16.8 Å². The molecular weight excluding hydrogens is 486 g/mol. The summed E-state index contributed by atoms with van der Waals surface area (Å²) in [7, 11) is 1.63. The number of aliphatic imine (C=N–C) groups is 1. The lowest BCUT2D eigenvalue weighted by Gasteiger charge is -2.20. The molecule has 3 aromatic rings. The van der Waals surface area contributed by atoms with Gasteiger partial charge in [0.05, 0.1) is 19.2 Å². The first kappa shape index (κ1) is 24.8. The van der Waals surface area contributed by atoms with Gasteiger partial charge in [0.1, 0.15) is 23.1 Å². The van der Waals surface area contributed by atoms with Gasteiger partial charge in [-0.2, -0.15) is 15.1 Å². The number of nitrogens with one attached hydrogen (secondary N) is 1. The molecule has 0 aliphatic carbocycles. The molecule has 8 nitrogen and oxygen atoms in total. The molecule has 0 spiro atoms. The fraction of sp³-hybridized carbons (Fsp3) is 0.286. The van der Waals surface area contributed by atoms with Crippen LogP contribution < -0.4 is 9.47 Å². The van der Waals surface area contributed by atoms with Crippen molar-refractivity contribution in [2.75, 3.05) is 13.7 Å². The number of fused-ring (bicyclic) bond motifs is 2. The number of aromatic nitrogens is 1. The van der Waals surface area contributed by atoms with Crippen LogP contribution in [-0.2, 0) is 11.3 Å². The van der Waals surface area contributed by atoms with Crippen molar-refractivity contribution in [1.29, 1.82) is 5.41 Å². The highest BCUT2D eigenvalue weighted by atomic mass is 32.2. The van der Waals surface area contributed by atoms with Gasteiger partial charge in [-0.05, 0) is 48.9 Å². The van der Waals surface area contributed by atoms with Crippen LogP contribution in [0, 0.1) is 18.3 Å². The lowest BCUT2D eigenvalue weighted by atomic mass is 10.1. The SMILES string of the molecule is COc1cccc(OCCn2c(C)c(/C=C3/C(=N)N4N=C(CC(C)C)SC4=NC3=O)c3ccccc32)c1. The summed E-state index contributed by atoms with van der Waals surface area (Å²) in [4.78, 5) is 17.2. The molecule has 0 bridgehead atoms. The van der Waals surface area contributed by atoms with Crippen molar-refractivity contribution in [3.63, 3.8) is 0 Å². The van der Waals surface area contributed by atoms with E-state index in [0.717, 1.165) is 45.1 Å². The topological polar surface area (TPSA) is 92.3 Å². The van der Waals surface area contributed by atoms with E-state index in [9.17, 15) is 4.79 Å². The van der Waals surface area contributed by atoms with Crippen molar-refractivity contribution in [1.82, 2.24) is 9.58 Å². The molecule has 0 fully saturated rings. The van der Waals surface area contributed by atoms with Crippen LogP contribution >= 0.6 is 11.8 Å². The Morgan fingerprint density at radius 2 is 1.92 bits per heavy atom. The minimum atomic E-state index is -0.415. The molecule has 1 amide bonds. The van der Waals surface area contributed by atoms with E-state index in [-0.39, 0.29) is 11.4 Å². The number of rotatable bonds is 8. The van der Waals surface area contributed by atoms with Crippen LogP contribution in [0.4, 0.5) is 0 Å². The monoisotopic (exact) mass is 515 g/mol. The minimum Gasteiger partial charge on any atom is -0.497 e. The maximum absolute atomic E-state index is 13.0. The number of thioether (sulfide) groups is 1. The highest BCUT2D eigenvalue weighted by molar-refractivity contribution is 8.26. The predicted octanol–water partition coefficient (Wildman–Crippen LogP) is 5.70. The van der Waals surface area contributed by atoms with Crippen molar-refractivity contribution in [2.45, 2.75) is 33.7 Å². The van der Waals surface area contributed by atoms with Crippen molar-refractivity contribution < 1.29 is 14.3 Å². The number of para-hydroxylation sites is 1. The summed E-state index contributed by atoms with van der Waals surface area (Å²) in [5.41, 5.74) is 3.15. The fourth-order valence-corrected chi connectivity index (χ4v) is 5.58. The number of ether oxygens (including phenoxy) is 2. The molecule has 2 aromatic carbocycles. The second-order valence-corrected chi connectivity index (χ2v) is 10.3. The lowest BCUT2D eigenvalue weighted by molar-refractivity contribution is -0.114. The van der Waals surface area contributed by atoms with Crippen LogP contribution in [0.15, 0.2) is 64.2 Å². The number of amidine groups is 2. The summed E-state index contributed by atoms with van der Waals surface area (Å²) >= 11 is 1.37. The summed E-state index contributed by atoms with van der Waals surface area (Å²) in [5.74, 6) is 1.55. The summed E-state index contributed by atoms with van der Waals surface area (Å²) in [6.45, 7) is 7.33. The summed E-state index contributed by atoms with van der Waals surface area (Å²) in [6, 6.07) is 15.6. The fourth-order valence-electron chi connectivity index (χ4n) is 4.48. The first-order valence-electron chi connectivity index (χ1n) is 12.2. The van der Waals surface area contributed by atoms with Gasteiger partial charge in [-0.3, -0.25) is 10.2 Å². The van der Waals surface area contributed by atoms with Crippen molar-refractivity contribution >= 4 is 50.7 Å². The van der Waals surface area contributed by atoms with E-state index in [1.807, 2.05) is 49.4 Å². The van der Waals surface area contributed by atoms with E-state index in [1.54, 1.807) is 13.2 Å². The lowest BCUT2D eigenvalue weighted by Crippen LogP contribution is -2.35. The minimum absolute atomic E-state index is 0.0545. The number of hydrazone groups is 1. The average molecular weight is 516 g/mol. The third kappa shape index (κ3) is 4.91. The number of hydrogen-bond donors (Lipinski definition) is 1. The van der Waals surface area contributed by atoms with Gasteiger partial charge in [-0.25, -0.2) is 0 Å². The third-order valence-corrected chi connectivity index (χ3v) is 7.20. The molecule has 190 valence electrons. The second kappa shape index (κ2) is 10.3. The Hall–Kier alpha value is -3.85. The molecule has 5 rings (SSSR count). The predicted molar refractivity (Wildman–Crippen MR) is 150 cm³/mol. The van der Waals surface area contributed by atoms with Crippen LogP contribution in [0.1, 0.15) is 31.5 Å². The summed E-state index contributed by atoms with van der Waals surface area (Å²) in [6.07, 6.45) is 2.56. The first-order chi connectivity index (χ1) is 17.9. The van der Waals surface area contributed by atoms with E-state index in [4.69, 9.17) is 14.9 Å². The molecule has 9 heteroatoms. The second-order valence-electron chi connectivity index (χ2n) is 9.31. The molecule has 1 N–H and O–H groups in total. The van der Waals surface area contributed by atoms with Gasteiger partial charge >= 0.3 is 0 Å². The summed E-state index contributed by atoms with van der Waals surface area (Å²) < 4.78 is 13.4. The Labute approximate surface area is 220 Å². The quantitative estimate of drug-likeness (QED) is 0.389. The van der Waals surface area contributed by atoms with Crippen molar-refractivity contribution in [3.8, 4) is 11.5 Å². The molecule has 0 saturated carbocycles. The molecule has 2 aliphatic rings. The van der Waals surface area contributed by atoms with E-state index >= 15 is 0 Å². The molecule has 0 atom stereocenters. The Bertz CT molecular complexity index is 1480. The van der Waals surface area contributed by atoms with E-state index < -0.39 is 5.91 Å². The number of carbonyl (C=O) groups is 1. The first-order valence-corrected chi connectivity index (χ1v) is 13.0. The Balaban J connectivity index is 1.44. The van der Waals surface area contributed by atoms with Gasteiger partial charge in [-0.15, -0.1) is 0 Å². The largest absolute Gasteiger partial charge is 0.497 e. The molecule has 0 unspecified atom stereocenters. The zero-order valence-electron chi connectivity index (χ0n) is 21.3. The number of carbonyl (C=O) groups excluding carboxylic acids is 1. The number of amides is 1. The zero-order valence-corrected chi connectivity index (χ0v) is 22.1. The van der Waals surface area contributed by atoms with Crippen molar-refractivity contribution in [3.05, 3.63) is 65.4 Å². The smallest absolute Gasteiger partial charge is 0.283 e. The molecule has 37 heavy (non-hydrogen) atoms. The Morgan fingerprint density at radius 3 is 2.70 bits per heavy atom. The van der Waals surface area contributed by atoms with Crippen LogP contribution in [-0.4, -0.2) is 45.2 Å². The van der Waals surface area contributed by atoms with Crippen LogP contribution in [0.3, 0.4) is 0 Å². The van der Waals surface area contributed by atoms with Crippen LogP contribution in [0.5, 0.6) is 11.5 Å². The Kier molecular flexibility index (Phi) is 6.88. The third-order valence-electron chi connectivity index (χ3n) is 6.27. The normalized spacial score (nSPS) is 16.5. The molecule has 1 aromatic heterocycles. The zero-order chi connectivity index (χ0) is 26.1. The molecule has 3 heterocycles.